The van der Waals surface area contributed by atoms with Crippen LogP contribution in [0.2, 0.25) is 0 Å². The van der Waals surface area contributed by atoms with E-state index in [-0.39, 0.29) is 17.8 Å². The van der Waals surface area contributed by atoms with Crippen LogP contribution in [-0.4, -0.2) is 61.3 Å². The molecule has 41 heavy (non-hydrogen) atoms. The number of hydrogen-bond acceptors (Lipinski definition) is 7. The van der Waals surface area contributed by atoms with Crippen LogP contribution >= 0.6 is 0 Å². The molecular weight excluding hydrogens is 528 g/mol. The van der Waals surface area contributed by atoms with Gasteiger partial charge in [0.1, 0.15) is 22.6 Å². The van der Waals surface area contributed by atoms with Crippen LogP contribution in [0.15, 0.2) is 48.5 Å². The first-order valence-corrected chi connectivity index (χ1v) is 13.9. The van der Waals surface area contributed by atoms with Crippen LogP contribution in [0.25, 0.3) is 0 Å². The van der Waals surface area contributed by atoms with E-state index in [9.17, 15) is 24.3 Å². The van der Waals surface area contributed by atoms with Crippen molar-refractivity contribution in [2.45, 2.75) is 75.3 Å². The summed E-state index contributed by atoms with van der Waals surface area (Å²) in [5.74, 6) is -0.566. The molecule has 0 bridgehead atoms. The van der Waals surface area contributed by atoms with E-state index in [0.717, 1.165) is 38.5 Å². The third-order valence-corrected chi connectivity index (χ3v) is 7.81. The molecule has 0 aliphatic heterocycles. The Morgan fingerprint density at radius 3 is 1.32 bits per heavy atom. The number of esters is 1. The minimum absolute atomic E-state index is 0.259. The molecule has 4 rings (SSSR count). The molecule has 0 radical (unpaired) electrons. The Kier molecular flexibility index (Phi) is 11.1. The van der Waals surface area contributed by atoms with E-state index in [4.69, 9.17) is 14.2 Å². The number of carbonyl (C=O) groups is 4. The second-order valence-electron chi connectivity index (χ2n) is 10.4. The fourth-order valence-corrected chi connectivity index (χ4v) is 5.34. The molecule has 0 aromatic heterocycles. The lowest BCUT2D eigenvalue weighted by molar-refractivity contribution is -0.149. The van der Waals surface area contributed by atoms with Gasteiger partial charge in [-0.15, -0.1) is 0 Å². The van der Waals surface area contributed by atoms with Gasteiger partial charge in [-0.2, -0.15) is 0 Å². The topological polar surface area (TPSA) is 140 Å². The zero-order valence-electron chi connectivity index (χ0n) is 24.0. The quantitative estimate of drug-likeness (QED) is 0.395. The molecular formula is C31H40N2O8. The standard InChI is InChI=1S/C16H21NO4.C15H19NO4/c1-20-13-8-6-12(7-9-13)14(18)17-16(15(19)21-2)10-4-3-5-11-16;1-20-12-7-5-11(6-8-12)13(17)16-15(14(18)19)9-3-2-4-10-15/h6-9H,3-5,10-11H2,1-2H3,(H,17,18);5-8H,2-4,9-10H2,1H3,(H,16,17)(H,18,19). The summed E-state index contributed by atoms with van der Waals surface area (Å²) in [5.41, 5.74) is -1.05. The highest BCUT2D eigenvalue weighted by Crippen LogP contribution is 2.30. The molecule has 222 valence electrons. The highest BCUT2D eigenvalue weighted by Gasteiger charge is 2.42. The number of carbonyl (C=O) groups excluding carboxylic acids is 3. The number of methoxy groups -OCH3 is 3. The van der Waals surface area contributed by atoms with Crippen molar-refractivity contribution in [3.05, 3.63) is 59.7 Å². The smallest absolute Gasteiger partial charge is 0.331 e. The third kappa shape index (κ3) is 7.99. The van der Waals surface area contributed by atoms with Crippen LogP contribution in [0.3, 0.4) is 0 Å². The molecule has 0 atom stereocenters. The van der Waals surface area contributed by atoms with Gasteiger partial charge in [-0.3, -0.25) is 9.59 Å². The van der Waals surface area contributed by atoms with Crippen LogP contribution in [0, 0.1) is 0 Å². The molecule has 2 aliphatic carbocycles. The van der Waals surface area contributed by atoms with Crippen LogP contribution in [0.4, 0.5) is 0 Å². The summed E-state index contributed by atoms with van der Waals surface area (Å²) in [6.45, 7) is 0. The molecule has 2 aromatic rings. The van der Waals surface area contributed by atoms with Crippen molar-refractivity contribution in [3.8, 4) is 11.5 Å². The van der Waals surface area contributed by atoms with Crippen molar-refractivity contribution in [2.75, 3.05) is 21.3 Å². The number of rotatable bonds is 8. The van der Waals surface area contributed by atoms with Crippen molar-refractivity contribution < 1.29 is 38.5 Å². The van der Waals surface area contributed by atoms with Crippen molar-refractivity contribution in [1.29, 1.82) is 0 Å². The molecule has 3 N–H and O–H groups in total. The van der Waals surface area contributed by atoms with Gasteiger partial charge >= 0.3 is 11.9 Å². The zero-order chi connectivity index (χ0) is 29.9. The van der Waals surface area contributed by atoms with E-state index in [0.29, 0.717) is 48.3 Å². The van der Waals surface area contributed by atoms with Gasteiger partial charge in [0.2, 0.25) is 0 Å². The Bertz CT molecular complexity index is 1180. The molecule has 2 aromatic carbocycles. The molecule has 10 heteroatoms. The minimum Gasteiger partial charge on any atom is -0.497 e. The van der Waals surface area contributed by atoms with E-state index >= 15 is 0 Å². The average molecular weight is 569 g/mol. The van der Waals surface area contributed by atoms with Gasteiger partial charge in [-0.05, 0) is 74.2 Å². The van der Waals surface area contributed by atoms with E-state index in [1.165, 1.54) is 7.11 Å². The number of aliphatic carboxylic acids is 1. The summed E-state index contributed by atoms with van der Waals surface area (Å²) in [6, 6.07) is 13.4. The van der Waals surface area contributed by atoms with Crippen LogP contribution in [0.5, 0.6) is 11.5 Å². The molecule has 0 spiro atoms. The summed E-state index contributed by atoms with van der Waals surface area (Å²) in [6.07, 6.45) is 7.82. The second kappa shape index (κ2) is 14.5. The van der Waals surface area contributed by atoms with Crippen molar-refractivity contribution in [3.63, 3.8) is 0 Å². The first-order chi connectivity index (χ1) is 19.7. The minimum atomic E-state index is -1.12. The van der Waals surface area contributed by atoms with E-state index in [1.807, 2.05) is 0 Å². The molecule has 0 unspecified atom stereocenters. The highest BCUT2D eigenvalue weighted by atomic mass is 16.5. The zero-order valence-corrected chi connectivity index (χ0v) is 24.0. The Morgan fingerprint density at radius 2 is 0.976 bits per heavy atom. The maximum atomic E-state index is 12.4. The van der Waals surface area contributed by atoms with E-state index < -0.39 is 17.0 Å². The number of amides is 2. The van der Waals surface area contributed by atoms with Crippen molar-refractivity contribution in [2.24, 2.45) is 0 Å². The number of nitrogens with one attached hydrogen (secondary N) is 2. The van der Waals surface area contributed by atoms with Gasteiger partial charge in [0, 0.05) is 11.1 Å². The summed E-state index contributed by atoms with van der Waals surface area (Å²) in [4.78, 5) is 48.2. The summed E-state index contributed by atoms with van der Waals surface area (Å²) in [5, 5.41) is 15.0. The normalized spacial score (nSPS) is 17.0. The monoisotopic (exact) mass is 568 g/mol. The third-order valence-electron chi connectivity index (χ3n) is 7.81. The molecule has 2 amide bonds. The largest absolute Gasteiger partial charge is 0.497 e. The highest BCUT2D eigenvalue weighted by molar-refractivity contribution is 5.99. The maximum absolute atomic E-state index is 12.4. The van der Waals surface area contributed by atoms with Crippen LogP contribution in [0.1, 0.15) is 84.9 Å². The lowest BCUT2D eigenvalue weighted by atomic mass is 9.81. The number of hydrogen-bond donors (Lipinski definition) is 3. The predicted octanol–water partition coefficient (Wildman–Crippen LogP) is 4.51. The van der Waals surface area contributed by atoms with Gasteiger partial charge in [0.05, 0.1) is 21.3 Å². The number of carboxylic acids is 1. The van der Waals surface area contributed by atoms with Crippen molar-refractivity contribution >= 4 is 23.8 Å². The molecule has 0 heterocycles. The molecule has 0 saturated heterocycles. The van der Waals surface area contributed by atoms with Crippen LogP contribution < -0.4 is 20.1 Å². The van der Waals surface area contributed by atoms with Gasteiger partial charge in [0.15, 0.2) is 0 Å². The van der Waals surface area contributed by atoms with Gasteiger partial charge in [-0.25, -0.2) is 9.59 Å². The fourth-order valence-electron chi connectivity index (χ4n) is 5.34. The number of carboxylic acid groups (broad SMARTS) is 1. The van der Waals surface area contributed by atoms with Crippen molar-refractivity contribution in [1.82, 2.24) is 10.6 Å². The summed E-state index contributed by atoms with van der Waals surface area (Å²) >= 11 is 0. The van der Waals surface area contributed by atoms with E-state index in [2.05, 4.69) is 10.6 Å². The Balaban J connectivity index is 0.000000226. The van der Waals surface area contributed by atoms with Gasteiger partial charge in [0.25, 0.3) is 11.8 Å². The van der Waals surface area contributed by atoms with Crippen LogP contribution in [-0.2, 0) is 14.3 Å². The molecule has 10 nitrogen and oxygen atoms in total. The second-order valence-corrected chi connectivity index (χ2v) is 10.4. The molecule has 2 saturated carbocycles. The lowest BCUT2D eigenvalue weighted by Gasteiger charge is -2.35. The summed E-state index contributed by atoms with van der Waals surface area (Å²) < 4.78 is 15.0. The summed E-state index contributed by atoms with van der Waals surface area (Å²) in [7, 11) is 4.48. The van der Waals surface area contributed by atoms with Gasteiger partial charge in [-0.1, -0.05) is 38.5 Å². The van der Waals surface area contributed by atoms with E-state index in [1.54, 1.807) is 62.8 Å². The maximum Gasteiger partial charge on any atom is 0.331 e. The Morgan fingerprint density at radius 1 is 0.610 bits per heavy atom. The SMILES string of the molecule is COC(=O)C1(NC(=O)c2ccc(OC)cc2)CCCCC1.COc1ccc(C(=O)NC2(C(=O)O)CCCCC2)cc1. The Labute approximate surface area is 240 Å². The molecule has 2 aliphatic rings. The Hall–Kier alpha value is -4.08. The van der Waals surface area contributed by atoms with Gasteiger partial charge < -0.3 is 30.0 Å². The fraction of sp³-hybridized carbons (Fsp3) is 0.484. The molecule has 2 fully saturated rings. The first-order valence-electron chi connectivity index (χ1n) is 13.9. The predicted molar refractivity (Wildman–Crippen MR) is 152 cm³/mol. The lowest BCUT2D eigenvalue weighted by Crippen LogP contribution is -2.56. The number of ether oxygens (including phenoxy) is 3. The average Bonchev–Trinajstić information content (AvgIpc) is 3.01. The number of benzene rings is 2. The first kappa shape index (κ1) is 31.4.